The molecule has 1 aliphatic carbocycles. The van der Waals surface area contributed by atoms with Crippen LogP contribution in [0.5, 0.6) is 5.75 Å². The molecule has 29 heavy (non-hydrogen) atoms. The molecule has 0 aliphatic heterocycles. The van der Waals surface area contributed by atoms with E-state index in [0.717, 1.165) is 29.9 Å². The molecule has 1 heterocycles. The Hall–Kier alpha value is -3.15. The van der Waals surface area contributed by atoms with Crippen LogP contribution in [0.15, 0.2) is 54.9 Å². The fourth-order valence-corrected chi connectivity index (χ4v) is 4.15. The zero-order valence-electron chi connectivity index (χ0n) is 16.4. The summed E-state index contributed by atoms with van der Waals surface area (Å²) >= 11 is 0. The molecule has 0 bridgehead atoms. The molecular weight excluding hydrogens is 369 g/mol. The van der Waals surface area contributed by atoms with Crippen molar-refractivity contribution in [3.05, 3.63) is 77.6 Å². The molecule has 5 nitrogen and oxygen atoms in total. The Kier molecular flexibility index (Phi) is 5.09. The molecule has 150 valence electrons. The van der Waals surface area contributed by atoms with Crippen molar-refractivity contribution in [2.75, 3.05) is 0 Å². The van der Waals surface area contributed by atoms with E-state index in [1.807, 2.05) is 42.0 Å². The lowest BCUT2D eigenvalue weighted by Crippen LogP contribution is -2.38. The maximum absolute atomic E-state index is 14.2. The molecule has 3 aromatic rings. The standard InChI is InChI=1S/C23H24FN3O2/c1-16-26-10-11-27(16)20-6-4-17(5-7-20)15-29-21-13-18(12-19(24)14-21)23(22(25)28)8-2-3-9-23/h4-7,10-14H,2-3,8-9,15H2,1H3,(H2,25,28). The summed E-state index contributed by atoms with van der Waals surface area (Å²) in [5, 5.41) is 0. The molecular formula is C23H24FN3O2. The fraction of sp³-hybridized carbons (Fsp3) is 0.304. The number of nitrogens with two attached hydrogens (primary N) is 1. The van der Waals surface area contributed by atoms with E-state index in [0.29, 0.717) is 30.8 Å². The zero-order valence-corrected chi connectivity index (χ0v) is 16.4. The van der Waals surface area contributed by atoms with E-state index in [1.54, 1.807) is 12.3 Å². The predicted octanol–water partition coefficient (Wildman–Crippen LogP) is 4.20. The Morgan fingerprint density at radius 3 is 2.55 bits per heavy atom. The first kappa shape index (κ1) is 19.2. The lowest BCUT2D eigenvalue weighted by Gasteiger charge is -2.26. The second-order valence-corrected chi connectivity index (χ2v) is 7.63. The SMILES string of the molecule is Cc1nccn1-c1ccc(COc2cc(F)cc(C3(C(N)=O)CCCC3)c2)cc1. The van der Waals surface area contributed by atoms with Crippen LogP contribution in [0.1, 0.15) is 42.6 Å². The first-order valence-corrected chi connectivity index (χ1v) is 9.81. The number of hydrogen-bond donors (Lipinski definition) is 1. The molecule has 0 atom stereocenters. The number of carbonyl (C=O) groups is 1. The lowest BCUT2D eigenvalue weighted by molar-refractivity contribution is -0.123. The van der Waals surface area contributed by atoms with Crippen molar-refractivity contribution in [1.82, 2.24) is 9.55 Å². The average molecular weight is 393 g/mol. The van der Waals surface area contributed by atoms with Crippen molar-refractivity contribution in [3.63, 3.8) is 0 Å². The molecule has 1 saturated carbocycles. The van der Waals surface area contributed by atoms with Crippen LogP contribution in [0.3, 0.4) is 0 Å². The largest absolute Gasteiger partial charge is 0.489 e. The van der Waals surface area contributed by atoms with Gasteiger partial charge in [0.05, 0.1) is 5.41 Å². The number of carbonyl (C=O) groups excluding carboxylic acids is 1. The third kappa shape index (κ3) is 3.75. The summed E-state index contributed by atoms with van der Waals surface area (Å²) in [7, 11) is 0. The third-order valence-electron chi connectivity index (χ3n) is 5.80. The number of benzene rings is 2. The molecule has 1 aromatic heterocycles. The molecule has 0 unspecified atom stereocenters. The normalized spacial score (nSPS) is 15.4. The van der Waals surface area contributed by atoms with Gasteiger partial charge in [-0.25, -0.2) is 9.37 Å². The molecule has 1 aliphatic rings. The number of aromatic nitrogens is 2. The van der Waals surface area contributed by atoms with Gasteiger partial charge in [0.2, 0.25) is 5.91 Å². The summed E-state index contributed by atoms with van der Waals surface area (Å²) in [5.74, 6) is 0.506. The molecule has 0 radical (unpaired) electrons. The number of amides is 1. The van der Waals surface area contributed by atoms with Gasteiger partial charge in [-0.2, -0.15) is 0 Å². The third-order valence-corrected chi connectivity index (χ3v) is 5.80. The highest BCUT2D eigenvalue weighted by molar-refractivity contribution is 5.87. The van der Waals surface area contributed by atoms with Crippen molar-refractivity contribution in [2.45, 2.75) is 44.6 Å². The monoisotopic (exact) mass is 393 g/mol. The zero-order chi connectivity index (χ0) is 20.4. The first-order valence-electron chi connectivity index (χ1n) is 9.81. The van der Waals surface area contributed by atoms with Crippen LogP contribution in [0.4, 0.5) is 4.39 Å². The summed E-state index contributed by atoms with van der Waals surface area (Å²) < 4.78 is 22.1. The van der Waals surface area contributed by atoms with Gasteiger partial charge >= 0.3 is 0 Å². The number of ether oxygens (including phenoxy) is 1. The minimum atomic E-state index is -0.787. The number of rotatable bonds is 6. The minimum Gasteiger partial charge on any atom is -0.489 e. The summed E-state index contributed by atoms with van der Waals surface area (Å²) in [6.45, 7) is 2.25. The number of aryl methyl sites for hydroxylation is 1. The Morgan fingerprint density at radius 1 is 1.21 bits per heavy atom. The number of imidazole rings is 1. The minimum absolute atomic E-state index is 0.301. The predicted molar refractivity (Wildman–Crippen MR) is 108 cm³/mol. The van der Waals surface area contributed by atoms with Crippen molar-refractivity contribution in [1.29, 1.82) is 0 Å². The number of nitrogens with zero attached hydrogens (tertiary/aromatic N) is 2. The highest BCUT2D eigenvalue weighted by Crippen LogP contribution is 2.42. The number of hydrogen-bond acceptors (Lipinski definition) is 3. The van der Waals surface area contributed by atoms with E-state index >= 15 is 0 Å². The fourth-order valence-electron chi connectivity index (χ4n) is 4.15. The quantitative estimate of drug-likeness (QED) is 0.682. The van der Waals surface area contributed by atoms with Crippen molar-refractivity contribution >= 4 is 5.91 Å². The summed E-state index contributed by atoms with van der Waals surface area (Å²) in [4.78, 5) is 16.4. The maximum atomic E-state index is 14.2. The molecule has 6 heteroatoms. The lowest BCUT2D eigenvalue weighted by atomic mass is 9.78. The van der Waals surface area contributed by atoms with E-state index in [9.17, 15) is 9.18 Å². The topological polar surface area (TPSA) is 70.1 Å². The van der Waals surface area contributed by atoms with Crippen LogP contribution in [0.2, 0.25) is 0 Å². The van der Waals surface area contributed by atoms with Gasteiger partial charge in [0.25, 0.3) is 0 Å². The summed E-state index contributed by atoms with van der Waals surface area (Å²) in [6, 6.07) is 12.4. The highest BCUT2D eigenvalue weighted by Gasteiger charge is 2.41. The van der Waals surface area contributed by atoms with E-state index in [-0.39, 0.29) is 0 Å². The van der Waals surface area contributed by atoms with Crippen molar-refractivity contribution in [2.24, 2.45) is 5.73 Å². The van der Waals surface area contributed by atoms with Gasteiger partial charge in [0.1, 0.15) is 24.0 Å². The summed E-state index contributed by atoms with van der Waals surface area (Å²) in [5.41, 5.74) is 7.49. The van der Waals surface area contributed by atoms with Gasteiger partial charge in [-0.15, -0.1) is 0 Å². The highest BCUT2D eigenvalue weighted by atomic mass is 19.1. The Balaban J connectivity index is 1.51. The second kappa shape index (κ2) is 7.70. The van der Waals surface area contributed by atoms with Gasteiger partial charge in [-0.05, 0) is 55.2 Å². The molecule has 1 amide bonds. The van der Waals surface area contributed by atoms with E-state index < -0.39 is 17.1 Å². The van der Waals surface area contributed by atoms with Crippen LogP contribution in [0, 0.1) is 12.7 Å². The van der Waals surface area contributed by atoms with Crippen LogP contribution in [0.25, 0.3) is 5.69 Å². The van der Waals surface area contributed by atoms with Gasteiger partial charge in [-0.3, -0.25) is 4.79 Å². The van der Waals surface area contributed by atoms with E-state index in [1.165, 1.54) is 12.1 Å². The van der Waals surface area contributed by atoms with Crippen molar-refractivity contribution in [3.8, 4) is 11.4 Å². The van der Waals surface area contributed by atoms with Gasteiger partial charge in [0.15, 0.2) is 0 Å². The average Bonchev–Trinajstić information content (AvgIpc) is 3.36. The summed E-state index contributed by atoms with van der Waals surface area (Å²) in [6.07, 6.45) is 6.81. The Bertz CT molecular complexity index is 1020. The molecule has 2 aromatic carbocycles. The van der Waals surface area contributed by atoms with Crippen molar-refractivity contribution < 1.29 is 13.9 Å². The smallest absolute Gasteiger partial charge is 0.228 e. The molecule has 4 rings (SSSR count). The Labute approximate surface area is 169 Å². The van der Waals surface area contributed by atoms with Gasteiger partial charge in [-0.1, -0.05) is 25.0 Å². The second-order valence-electron chi connectivity index (χ2n) is 7.63. The van der Waals surface area contributed by atoms with Crippen LogP contribution in [-0.4, -0.2) is 15.5 Å². The Morgan fingerprint density at radius 2 is 1.93 bits per heavy atom. The maximum Gasteiger partial charge on any atom is 0.228 e. The molecule has 0 spiro atoms. The van der Waals surface area contributed by atoms with Gasteiger partial charge < -0.3 is 15.0 Å². The van der Waals surface area contributed by atoms with Crippen LogP contribution >= 0.6 is 0 Å². The van der Waals surface area contributed by atoms with E-state index in [2.05, 4.69) is 4.98 Å². The first-order chi connectivity index (χ1) is 14.0. The van der Waals surface area contributed by atoms with E-state index in [4.69, 9.17) is 10.5 Å². The molecule has 2 N–H and O–H groups in total. The molecule has 1 fully saturated rings. The van der Waals surface area contributed by atoms with Gasteiger partial charge in [0, 0.05) is 24.1 Å². The number of primary amides is 1. The number of halogens is 1. The van der Waals surface area contributed by atoms with Crippen LogP contribution in [-0.2, 0) is 16.8 Å². The van der Waals surface area contributed by atoms with Crippen LogP contribution < -0.4 is 10.5 Å². The molecule has 0 saturated heterocycles.